The summed E-state index contributed by atoms with van der Waals surface area (Å²) in [6.45, 7) is 2.11. The van der Waals surface area contributed by atoms with Gasteiger partial charge in [-0.05, 0) is 12.1 Å². The number of amides is 2. The number of nitrogens with one attached hydrogen (secondary N) is 2. The molecule has 0 aromatic carbocycles. The number of carbonyl (C=O) groups is 2. The van der Waals surface area contributed by atoms with E-state index in [9.17, 15) is 9.59 Å². The number of carbonyl (C=O) groups excluding carboxylic acids is 2. The third-order valence-corrected chi connectivity index (χ3v) is 1.91. The number of aromatic nitrogens is 1. The van der Waals surface area contributed by atoms with Gasteiger partial charge in [-0.3, -0.25) is 9.59 Å². The van der Waals surface area contributed by atoms with E-state index in [4.69, 9.17) is 5.26 Å². The molecule has 0 spiro atoms. The smallest absolute Gasteiger partial charge is 0.269 e. The Morgan fingerprint density at radius 1 is 1.35 bits per heavy atom. The van der Waals surface area contributed by atoms with Gasteiger partial charge in [0.15, 0.2) is 0 Å². The molecular formula is C11H12N4O2. The van der Waals surface area contributed by atoms with Crippen LogP contribution in [0.2, 0.25) is 0 Å². The molecule has 0 fully saturated rings. The number of nitrogens with zero attached hydrogens (tertiary/aromatic N) is 2. The standard InChI is InChI=1S/C11H12N4O2/c1-8(16)13-4-5-14-11(17)10-3-2-9(6-12)7-15-10/h2-3,7H,4-5H2,1H3,(H,13,16)(H,14,17). The fraction of sp³-hybridized carbons (Fsp3) is 0.273. The van der Waals surface area contributed by atoms with E-state index >= 15 is 0 Å². The summed E-state index contributed by atoms with van der Waals surface area (Å²) in [6, 6.07) is 4.92. The van der Waals surface area contributed by atoms with E-state index in [-0.39, 0.29) is 17.5 Å². The molecule has 1 aromatic rings. The van der Waals surface area contributed by atoms with Crippen molar-refractivity contribution in [3.8, 4) is 6.07 Å². The highest BCUT2D eigenvalue weighted by atomic mass is 16.2. The minimum atomic E-state index is -0.333. The largest absolute Gasteiger partial charge is 0.355 e. The molecule has 6 heteroatoms. The van der Waals surface area contributed by atoms with Crippen LogP contribution in [0.1, 0.15) is 23.0 Å². The Hall–Kier alpha value is -2.42. The molecule has 1 aromatic heterocycles. The zero-order valence-corrected chi connectivity index (χ0v) is 9.36. The van der Waals surface area contributed by atoms with Gasteiger partial charge < -0.3 is 10.6 Å². The lowest BCUT2D eigenvalue weighted by atomic mass is 10.2. The van der Waals surface area contributed by atoms with Crippen molar-refractivity contribution in [3.63, 3.8) is 0 Å². The van der Waals surface area contributed by atoms with Crippen molar-refractivity contribution in [2.24, 2.45) is 0 Å². The minimum Gasteiger partial charge on any atom is -0.355 e. The first-order chi connectivity index (χ1) is 8.13. The van der Waals surface area contributed by atoms with Gasteiger partial charge in [-0.15, -0.1) is 0 Å². The molecule has 1 heterocycles. The van der Waals surface area contributed by atoms with Crippen LogP contribution in [0.15, 0.2) is 18.3 Å². The lowest BCUT2D eigenvalue weighted by Crippen LogP contribution is -2.33. The van der Waals surface area contributed by atoms with Gasteiger partial charge in [0.1, 0.15) is 11.8 Å². The molecule has 0 radical (unpaired) electrons. The molecule has 0 atom stereocenters. The summed E-state index contributed by atoms with van der Waals surface area (Å²) in [5.74, 6) is -0.476. The molecule has 0 aliphatic heterocycles. The molecule has 0 saturated heterocycles. The van der Waals surface area contributed by atoms with Crippen LogP contribution in [0.25, 0.3) is 0 Å². The van der Waals surface area contributed by atoms with E-state index in [0.717, 1.165) is 0 Å². The van der Waals surface area contributed by atoms with Crippen LogP contribution in [-0.2, 0) is 4.79 Å². The molecule has 88 valence electrons. The highest BCUT2D eigenvalue weighted by Gasteiger charge is 2.05. The van der Waals surface area contributed by atoms with Crippen LogP contribution in [0.4, 0.5) is 0 Å². The SMILES string of the molecule is CC(=O)NCCNC(=O)c1ccc(C#N)cn1. The third-order valence-electron chi connectivity index (χ3n) is 1.91. The Labute approximate surface area is 98.7 Å². The van der Waals surface area contributed by atoms with Gasteiger partial charge in [0.05, 0.1) is 5.56 Å². The second-order valence-corrected chi connectivity index (χ2v) is 3.28. The van der Waals surface area contributed by atoms with Crippen molar-refractivity contribution in [3.05, 3.63) is 29.6 Å². The van der Waals surface area contributed by atoms with Gasteiger partial charge in [0.2, 0.25) is 5.91 Å². The summed E-state index contributed by atoms with van der Waals surface area (Å²) in [5.41, 5.74) is 0.645. The summed E-state index contributed by atoms with van der Waals surface area (Å²) in [7, 11) is 0. The zero-order valence-electron chi connectivity index (χ0n) is 9.36. The first-order valence-corrected chi connectivity index (χ1v) is 5.02. The van der Waals surface area contributed by atoms with E-state index in [2.05, 4.69) is 15.6 Å². The molecule has 0 bridgehead atoms. The topological polar surface area (TPSA) is 94.9 Å². The summed E-state index contributed by atoms with van der Waals surface area (Å²) >= 11 is 0. The zero-order chi connectivity index (χ0) is 12.7. The van der Waals surface area contributed by atoms with Crippen LogP contribution in [0.3, 0.4) is 0 Å². The Balaban J connectivity index is 2.42. The van der Waals surface area contributed by atoms with Gasteiger partial charge in [-0.1, -0.05) is 0 Å². The summed E-state index contributed by atoms with van der Waals surface area (Å²) in [5, 5.41) is 13.7. The van der Waals surface area contributed by atoms with E-state index in [1.54, 1.807) is 0 Å². The molecule has 0 unspecified atom stereocenters. The normalized spacial score (nSPS) is 9.18. The lowest BCUT2D eigenvalue weighted by molar-refractivity contribution is -0.118. The van der Waals surface area contributed by atoms with Gasteiger partial charge in [-0.25, -0.2) is 4.98 Å². The molecule has 0 saturated carbocycles. The number of hydrogen-bond acceptors (Lipinski definition) is 4. The van der Waals surface area contributed by atoms with Crippen LogP contribution in [0.5, 0.6) is 0 Å². The van der Waals surface area contributed by atoms with Crippen molar-refractivity contribution in [2.45, 2.75) is 6.92 Å². The quantitative estimate of drug-likeness (QED) is 0.704. The van der Waals surface area contributed by atoms with Crippen LogP contribution >= 0.6 is 0 Å². The summed E-state index contributed by atoms with van der Waals surface area (Å²) < 4.78 is 0. The lowest BCUT2D eigenvalue weighted by Gasteiger charge is -2.04. The van der Waals surface area contributed by atoms with Crippen molar-refractivity contribution in [1.29, 1.82) is 5.26 Å². The van der Waals surface area contributed by atoms with Crippen molar-refractivity contribution < 1.29 is 9.59 Å². The number of hydrogen-bond donors (Lipinski definition) is 2. The third kappa shape index (κ3) is 4.30. The first-order valence-electron chi connectivity index (χ1n) is 5.02. The van der Waals surface area contributed by atoms with E-state index in [0.29, 0.717) is 18.7 Å². The molecule has 2 N–H and O–H groups in total. The first kappa shape index (κ1) is 12.6. The predicted octanol–water partition coefficient (Wildman–Crippen LogP) is -0.181. The van der Waals surface area contributed by atoms with Gasteiger partial charge >= 0.3 is 0 Å². The summed E-state index contributed by atoms with van der Waals surface area (Å²) in [6.07, 6.45) is 1.34. The van der Waals surface area contributed by atoms with E-state index in [1.807, 2.05) is 6.07 Å². The molecule has 2 amide bonds. The monoisotopic (exact) mass is 232 g/mol. The maximum atomic E-state index is 11.5. The molecule has 1 rings (SSSR count). The van der Waals surface area contributed by atoms with Crippen LogP contribution < -0.4 is 10.6 Å². The Kier molecular flexibility index (Phi) is 4.63. The fourth-order valence-electron chi connectivity index (χ4n) is 1.10. The predicted molar refractivity (Wildman–Crippen MR) is 60.0 cm³/mol. The maximum Gasteiger partial charge on any atom is 0.269 e. The Morgan fingerprint density at radius 2 is 2.06 bits per heavy atom. The molecule has 0 aliphatic carbocycles. The van der Waals surface area contributed by atoms with Crippen molar-refractivity contribution >= 4 is 11.8 Å². The van der Waals surface area contributed by atoms with Crippen LogP contribution in [-0.4, -0.2) is 29.9 Å². The Bertz CT molecular complexity index is 448. The van der Waals surface area contributed by atoms with Gasteiger partial charge in [-0.2, -0.15) is 5.26 Å². The molecule has 0 aliphatic rings. The average molecular weight is 232 g/mol. The Morgan fingerprint density at radius 3 is 2.59 bits per heavy atom. The number of rotatable bonds is 4. The van der Waals surface area contributed by atoms with E-state index < -0.39 is 0 Å². The van der Waals surface area contributed by atoms with Crippen molar-refractivity contribution in [1.82, 2.24) is 15.6 Å². The second kappa shape index (κ2) is 6.23. The van der Waals surface area contributed by atoms with Crippen molar-refractivity contribution in [2.75, 3.05) is 13.1 Å². The number of nitriles is 1. The molecule has 17 heavy (non-hydrogen) atoms. The molecular weight excluding hydrogens is 220 g/mol. The average Bonchev–Trinajstić information content (AvgIpc) is 2.34. The maximum absolute atomic E-state index is 11.5. The van der Waals surface area contributed by atoms with Gasteiger partial charge in [0.25, 0.3) is 5.91 Å². The fourth-order valence-corrected chi connectivity index (χ4v) is 1.10. The van der Waals surface area contributed by atoms with Crippen LogP contribution in [0, 0.1) is 11.3 Å². The number of pyridine rings is 1. The highest BCUT2D eigenvalue weighted by molar-refractivity contribution is 5.92. The molecule has 6 nitrogen and oxygen atoms in total. The van der Waals surface area contributed by atoms with Gasteiger partial charge in [0, 0.05) is 26.2 Å². The van der Waals surface area contributed by atoms with E-state index in [1.165, 1.54) is 25.3 Å². The minimum absolute atomic E-state index is 0.143. The second-order valence-electron chi connectivity index (χ2n) is 3.28. The highest BCUT2D eigenvalue weighted by Crippen LogP contribution is 1.98. The summed E-state index contributed by atoms with van der Waals surface area (Å²) in [4.78, 5) is 25.9.